The lowest BCUT2D eigenvalue weighted by atomic mass is 9.99. The molecule has 1 aliphatic heterocycles. The molecule has 0 aliphatic carbocycles. The summed E-state index contributed by atoms with van der Waals surface area (Å²) in [6.07, 6.45) is 4.37. The maximum atomic E-state index is 8.47. The van der Waals surface area contributed by atoms with Gasteiger partial charge in [0, 0.05) is 12.4 Å². The van der Waals surface area contributed by atoms with Crippen LogP contribution in [0.25, 0.3) is 0 Å². The number of allylic oxidation sites excluding steroid dienone is 1. The first-order valence-electron chi connectivity index (χ1n) is 2.96. The molecule has 0 amide bonds. The number of hydrogen-bond acceptors (Lipinski definition) is 2. The molecule has 1 heterocycles. The summed E-state index contributed by atoms with van der Waals surface area (Å²) in [6.45, 7) is 2.03. The Balaban J connectivity index is 2.78. The normalized spacial score (nSPS) is 24.9. The van der Waals surface area contributed by atoms with E-state index < -0.39 is 0 Å². The highest BCUT2D eigenvalue weighted by Crippen LogP contribution is 2.15. The predicted octanol–water partition coefficient (Wildman–Crippen LogP) is 1.50. The van der Waals surface area contributed by atoms with Crippen LogP contribution < -0.4 is 0 Å². The van der Waals surface area contributed by atoms with Gasteiger partial charge in [0.2, 0.25) is 0 Å². The number of nitrogens with zero attached hydrogens (tertiary/aromatic N) is 2. The first-order valence-corrected chi connectivity index (χ1v) is 2.96. The Morgan fingerprint density at radius 3 is 3.11 bits per heavy atom. The molecule has 1 rings (SSSR count). The van der Waals surface area contributed by atoms with Crippen LogP contribution in [0.5, 0.6) is 0 Å². The van der Waals surface area contributed by atoms with Crippen molar-refractivity contribution in [1.29, 1.82) is 5.26 Å². The summed E-state index contributed by atoms with van der Waals surface area (Å²) in [7, 11) is 0. The standard InChI is InChI=1S/C7H8N2/c1-6-2-3-9-5-7(6)4-8/h3,5-6H,2H2,1H3. The second-order valence-electron chi connectivity index (χ2n) is 2.16. The van der Waals surface area contributed by atoms with Gasteiger partial charge < -0.3 is 0 Å². The van der Waals surface area contributed by atoms with E-state index in [4.69, 9.17) is 5.26 Å². The van der Waals surface area contributed by atoms with Crippen LogP contribution in [-0.4, -0.2) is 6.21 Å². The maximum Gasteiger partial charge on any atom is 0.0966 e. The largest absolute Gasteiger partial charge is 0.268 e. The second kappa shape index (κ2) is 2.45. The van der Waals surface area contributed by atoms with E-state index in [1.165, 1.54) is 0 Å². The molecule has 0 bridgehead atoms. The maximum absolute atomic E-state index is 8.47. The van der Waals surface area contributed by atoms with Crippen molar-refractivity contribution in [3.05, 3.63) is 11.8 Å². The molecule has 0 radical (unpaired) electrons. The van der Waals surface area contributed by atoms with E-state index in [1.54, 1.807) is 6.20 Å². The van der Waals surface area contributed by atoms with Crippen LogP contribution in [0.2, 0.25) is 0 Å². The zero-order valence-corrected chi connectivity index (χ0v) is 5.33. The third kappa shape index (κ3) is 1.17. The molecular formula is C7H8N2. The van der Waals surface area contributed by atoms with Crippen molar-refractivity contribution in [3.8, 4) is 6.07 Å². The van der Waals surface area contributed by atoms with Crippen LogP contribution >= 0.6 is 0 Å². The van der Waals surface area contributed by atoms with E-state index in [2.05, 4.69) is 11.1 Å². The van der Waals surface area contributed by atoms with E-state index in [1.807, 2.05) is 13.1 Å². The van der Waals surface area contributed by atoms with Gasteiger partial charge in [-0.05, 0) is 12.3 Å². The third-order valence-electron chi connectivity index (χ3n) is 1.44. The fourth-order valence-corrected chi connectivity index (χ4v) is 0.745. The van der Waals surface area contributed by atoms with E-state index >= 15 is 0 Å². The van der Waals surface area contributed by atoms with Crippen LogP contribution in [0, 0.1) is 17.2 Å². The quantitative estimate of drug-likeness (QED) is 0.477. The van der Waals surface area contributed by atoms with Crippen molar-refractivity contribution in [2.75, 3.05) is 0 Å². The highest BCUT2D eigenvalue weighted by Gasteiger charge is 2.08. The molecule has 0 aromatic heterocycles. The minimum absolute atomic E-state index is 0.368. The molecule has 9 heavy (non-hydrogen) atoms. The van der Waals surface area contributed by atoms with Crippen molar-refractivity contribution in [2.24, 2.45) is 10.9 Å². The molecule has 2 heteroatoms. The Bertz CT molecular complexity index is 195. The van der Waals surface area contributed by atoms with E-state index in [0.717, 1.165) is 12.0 Å². The number of hydrogen-bond donors (Lipinski definition) is 0. The fraction of sp³-hybridized carbons (Fsp3) is 0.429. The van der Waals surface area contributed by atoms with Crippen molar-refractivity contribution in [2.45, 2.75) is 13.3 Å². The lowest BCUT2D eigenvalue weighted by Crippen LogP contribution is -2.01. The molecule has 0 aromatic rings. The van der Waals surface area contributed by atoms with Crippen LogP contribution in [0.15, 0.2) is 16.8 Å². The Labute approximate surface area is 54.5 Å². The molecule has 2 nitrogen and oxygen atoms in total. The molecular weight excluding hydrogens is 112 g/mol. The van der Waals surface area contributed by atoms with Crippen molar-refractivity contribution < 1.29 is 0 Å². The average Bonchev–Trinajstić information content (AvgIpc) is 1.89. The first-order chi connectivity index (χ1) is 4.34. The lowest BCUT2D eigenvalue weighted by Gasteiger charge is -2.07. The van der Waals surface area contributed by atoms with Crippen LogP contribution in [0.1, 0.15) is 13.3 Å². The van der Waals surface area contributed by atoms with Gasteiger partial charge >= 0.3 is 0 Å². The molecule has 1 aliphatic rings. The van der Waals surface area contributed by atoms with Crippen molar-refractivity contribution in [1.82, 2.24) is 0 Å². The summed E-state index contributed by atoms with van der Waals surface area (Å²) in [6, 6.07) is 2.10. The van der Waals surface area contributed by atoms with Gasteiger partial charge in [-0.25, -0.2) is 0 Å². The summed E-state index contributed by atoms with van der Waals surface area (Å²) in [4.78, 5) is 3.87. The molecule has 1 unspecified atom stereocenters. The minimum atomic E-state index is 0.368. The van der Waals surface area contributed by atoms with Crippen molar-refractivity contribution >= 4 is 6.21 Å². The average molecular weight is 120 g/mol. The Kier molecular flexibility index (Phi) is 1.64. The van der Waals surface area contributed by atoms with E-state index in [9.17, 15) is 0 Å². The molecule has 0 spiro atoms. The molecule has 46 valence electrons. The zero-order valence-electron chi connectivity index (χ0n) is 5.33. The van der Waals surface area contributed by atoms with Crippen molar-refractivity contribution in [3.63, 3.8) is 0 Å². The molecule has 0 aromatic carbocycles. The predicted molar refractivity (Wildman–Crippen MR) is 36.0 cm³/mol. The monoisotopic (exact) mass is 120 g/mol. The molecule has 1 atom stereocenters. The molecule has 0 saturated heterocycles. The van der Waals surface area contributed by atoms with Crippen LogP contribution in [0.4, 0.5) is 0 Å². The summed E-state index contributed by atoms with van der Waals surface area (Å²) in [5, 5.41) is 8.47. The molecule has 0 saturated carbocycles. The van der Waals surface area contributed by atoms with Gasteiger partial charge in [-0.15, -0.1) is 0 Å². The minimum Gasteiger partial charge on any atom is -0.268 e. The SMILES string of the molecule is CC1CC=NC=C1C#N. The smallest absolute Gasteiger partial charge is 0.0966 e. The molecule has 0 N–H and O–H groups in total. The van der Waals surface area contributed by atoms with Gasteiger partial charge in [0.1, 0.15) is 0 Å². The summed E-state index contributed by atoms with van der Waals surface area (Å²) < 4.78 is 0. The lowest BCUT2D eigenvalue weighted by molar-refractivity contribution is 0.733. The van der Waals surface area contributed by atoms with Crippen LogP contribution in [-0.2, 0) is 0 Å². The summed E-state index contributed by atoms with van der Waals surface area (Å²) in [5.74, 6) is 0.368. The van der Waals surface area contributed by atoms with Gasteiger partial charge in [-0.2, -0.15) is 5.26 Å². The molecule has 0 fully saturated rings. The number of aliphatic imine (C=N–C) groups is 1. The Morgan fingerprint density at radius 1 is 1.89 bits per heavy atom. The first kappa shape index (κ1) is 6.03. The zero-order chi connectivity index (χ0) is 6.69. The fourth-order valence-electron chi connectivity index (χ4n) is 0.745. The van der Waals surface area contributed by atoms with Gasteiger partial charge in [0.05, 0.1) is 11.6 Å². The third-order valence-corrected chi connectivity index (χ3v) is 1.44. The Hall–Kier alpha value is -1.10. The number of nitriles is 1. The van der Waals surface area contributed by atoms with Crippen LogP contribution in [0.3, 0.4) is 0 Å². The Morgan fingerprint density at radius 2 is 2.67 bits per heavy atom. The highest BCUT2D eigenvalue weighted by molar-refractivity contribution is 5.61. The van der Waals surface area contributed by atoms with E-state index in [-0.39, 0.29) is 0 Å². The topological polar surface area (TPSA) is 36.1 Å². The second-order valence-corrected chi connectivity index (χ2v) is 2.16. The van der Waals surface area contributed by atoms with Gasteiger partial charge in [0.15, 0.2) is 0 Å². The summed E-state index contributed by atoms with van der Waals surface area (Å²) in [5.41, 5.74) is 0.789. The summed E-state index contributed by atoms with van der Waals surface area (Å²) >= 11 is 0. The number of rotatable bonds is 0. The van der Waals surface area contributed by atoms with E-state index in [0.29, 0.717) is 5.92 Å². The van der Waals surface area contributed by atoms with Gasteiger partial charge in [-0.3, -0.25) is 4.99 Å². The van der Waals surface area contributed by atoms with Gasteiger partial charge in [0.25, 0.3) is 0 Å². The highest BCUT2D eigenvalue weighted by atomic mass is 14.7. The van der Waals surface area contributed by atoms with Gasteiger partial charge in [-0.1, -0.05) is 6.92 Å².